The van der Waals surface area contributed by atoms with Crippen LogP contribution in [0, 0.1) is 0 Å². The molecule has 0 aromatic heterocycles. The molecule has 0 spiro atoms. The van der Waals surface area contributed by atoms with Crippen molar-refractivity contribution >= 4 is 47.0 Å². The van der Waals surface area contributed by atoms with Crippen LogP contribution in [0.25, 0.3) is 11.1 Å². The molecule has 2 amide bonds. The molecular formula is C21H21Cl3N2O5. The number of ether oxygens (including phenoxy) is 2. The minimum absolute atomic E-state index is 0.00880. The van der Waals surface area contributed by atoms with Gasteiger partial charge in [0, 0.05) is 24.7 Å². The number of nitrogens with one attached hydrogen (secondary N) is 1. The molecule has 31 heavy (non-hydrogen) atoms. The van der Waals surface area contributed by atoms with Gasteiger partial charge in [-0.15, -0.1) is 0 Å². The van der Waals surface area contributed by atoms with E-state index in [1.807, 2.05) is 53.8 Å². The standard InChI is InChI=1S/C21H21Cl3N2O5/c1-26(11-6-12-30-19(28)25-18(27)21(22,23)24)20(29)31-17-15-9-4-2-7-13(15)14-8-3-5-10-16(14)17/h2-5,7-10,17-18,27H,6,11-12H2,1H3,(H,25,28). The van der Waals surface area contributed by atoms with Gasteiger partial charge in [-0.3, -0.25) is 5.32 Å². The highest BCUT2D eigenvalue weighted by molar-refractivity contribution is 6.68. The van der Waals surface area contributed by atoms with Crippen molar-refractivity contribution in [3.63, 3.8) is 0 Å². The number of halogens is 3. The smallest absolute Gasteiger partial charge is 0.410 e. The fourth-order valence-corrected chi connectivity index (χ4v) is 3.38. The van der Waals surface area contributed by atoms with Gasteiger partial charge in [0.15, 0.2) is 12.3 Å². The number of hydrogen-bond acceptors (Lipinski definition) is 5. The van der Waals surface area contributed by atoms with Crippen LogP contribution < -0.4 is 5.32 Å². The highest BCUT2D eigenvalue weighted by atomic mass is 35.6. The van der Waals surface area contributed by atoms with Crippen molar-refractivity contribution in [3.8, 4) is 11.1 Å². The largest absolute Gasteiger partial charge is 0.449 e. The molecule has 10 heteroatoms. The summed E-state index contributed by atoms with van der Waals surface area (Å²) in [5.41, 5.74) is 3.99. The number of alkyl carbamates (subject to hydrolysis) is 1. The second kappa shape index (κ2) is 9.96. The summed E-state index contributed by atoms with van der Waals surface area (Å²) in [4.78, 5) is 25.6. The van der Waals surface area contributed by atoms with E-state index in [9.17, 15) is 14.7 Å². The van der Waals surface area contributed by atoms with E-state index in [1.54, 1.807) is 7.05 Å². The Morgan fingerprint density at radius 2 is 1.65 bits per heavy atom. The number of rotatable bonds is 6. The number of benzene rings is 2. The van der Waals surface area contributed by atoms with Crippen LogP contribution in [0.15, 0.2) is 48.5 Å². The third-order valence-electron chi connectivity index (χ3n) is 4.74. The number of carbonyl (C=O) groups is 2. The summed E-state index contributed by atoms with van der Waals surface area (Å²) in [6.07, 6.45) is -3.27. The Kier molecular flexibility index (Phi) is 7.54. The average molecular weight is 488 g/mol. The lowest BCUT2D eigenvalue weighted by Gasteiger charge is -2.22. The van der Waals surface area contributed by atoms with Gasteiger partial charge in [-0.05, 0) is 17.5 Å². The van der Waals surface area contributed by atoms with E-state index in [0.717, 1.165) is 22.3 Å². The van der Waals surface area contributed by atoms with Gasteiger partial charge in [0.2, 0.25) is 3.79 Å². The highest BCUT2D eigenvalue weighted by Gasteiger charge is 2.33. The van der Waals surface area contributed by atoms with E-state index >= 15 is 0 Å². The Labute approximate surface area is 194 Å². The molecule has 1 aliphatic carbocycles. The molecule has 0 radical (unpaired) electrons. The molecule has 0 heterocycles. The fraction of sp³-hybridized carbons (Fsp3) is 0.333. The molecule has 0 fully saturated rings. The van der Waals surface area contributed by atoms with E-state index in [1.165, 1.54) is 4.90 Å². The van der Waals surface area contributed by atoms with Gasteiger partial charge >= 0.3 is 12.2 Å². The number of amides is 2. The molecule has 1 aliphatic rings. The Balaban J connectivity index is 1.49. The second-order valence-electron chi connectivity index (χ2n) is 6.94. The first-order valence-corrected chi connectivity index (χ1v) is 10.6. The van der Waals surface area contributed by atoms with Gasteiger partial charge < -0.3 is 19.5 Å². The molecule has 1 atom stereocenters. The van der Waals surface area contributed by atoms with E-state index in [0.29, 0.717) is 6.42 Å². The first-order chi connectivity index (χ1) is 14.7. The molecule has 0 bridgehead atoms. The lowest BCUT2D eigenvalue weighted by molar-refractivity contribution is 0.0809. The van der Waals surface area contributed by atoms with Crippen molar-refractivity contribution in [1.82, 2.24) is 10.2 Å². The van der Waals surface area contributed by atoms with Crippen LogP contribution in [-0.4, -0.2) is 52.4 Å². The Hall–Kier alpha value is -2.19. The molecule has 166 valence electrons. The average Bonchev–Trinajstić information content (AvgIpc) is 3.04. The van der Waals surface area contributed by atoms with Crippen molar-refractivity contribution in [2.45, 2.75) is 22.5 Å². The molecule has 1 unspecified atom stereocenters. The maximum Gasteiger partial charge on any atom is 0.410 e. The van der Waals surface area contributed by atoms with Gasteiger partial charge in [-0.25, -0.2) is 9.59 Å². The minimum atomic E-state index is -2.07. The maximum atomic E-state index is 12.6. The number of aliphatic hydroxyl groups excluding tert-OH is 1. The molecule has 0 aliphatic heterocycles. The minimum Gasteiger partial charge on any atom is -0.449 e. The molecule has 2 aromatic rings. The topological polar surface area (TPSA) is 88.1 Å². The molecule has 2 N–H and O–H groups in total. The SMILES string of the molecule is CN(CCCOC(=O)NC(O)C(Cl)(Cl)Cl)C(=O)OC1c2ccccc2-c2ccccc21. The van der Waals surface area contributed by atoms with Crippen LogP contribution in [0.1, 0.15) is 23.7 Å². The van der Waals surface area contributed by atoms with E-state index in [4.69, 9.17) is 44.3 Å². The van der Waals surface area contributed by atoms with Crippen molar-refractivity contribution in [2.75, 3.05) is 20.2 Å². The number of aliphatic hydroxyl groups is 1. The summed E-state index contributed by atoms with van der Waals surface area (Å²) in [6, 6.07) is 15.6. The third kappa shape index (κ3) is 5.74. The van der Waals surface area contributed by atoms with Crippen molar-refractivity contribution in [1.29, 1.82) is 0 Å². The summed E-state index contributed by atoms with van der Waals surface area (Å²) in [5, 5.41) is 11.5. The lowest BCUT2D eigenvalue weighted by atomic mass is 10.1. The van der Waals surface area contributed by atoms with E-state index < -0.39 is 28.3 Å². The van der Waals surface area contributed by atoms with Gasteiger partial charge in [0.05, 0.1) is 6.61 Å². The molecular weight excluding hydrogens is 467 g/mol. The van der Waals surface area contributed by atoms with Crippen LogP contribution >= 0.6 is 34.8 Å². The number of nitrogens with zero attached hydrogens (tertiary/aromatic N) is 1. The first kappa shape index (κ1) is 23.5. The lowest BCUT2D eigenvalue weighted by Crippen LogP contribution is -2.43. The molecule has 0 saturated carbocycles. The zero-order valence-corrected chi connectivity index (χ0v) is 18.8. The molecule has 0 saturated heterocycles. The molecule has 3 rings (SSSR count). The van der Waals surface area contributed by atoms with Gasteiger partial charge in [-0.1, -0.05) is 83.3 Å². The van der Waals surface area contributed by atoms with Crippen LogP contribution in [0.4, 0.5) is 9.59 Å². The molecule has 2 aromatic carbocycles. The number of carbonyl (C=O) groups excluding carboxylic acids is 2. The van der Waals surface area contributed by atoms with Gasteiger partial charge in [0.25, 0.3) is 0 Å². The first-order valence-electron chi connectivity index (χ1n) is 9.46. The van der Waals surface area contributed by atoms with Crippen LogP contribution in [0.2, 0.25) is 0 Å². The number of fused-ring (bicyclic) bond motifs is 3. The molecule has 7 nitrogen and oxygen atoms in total. The normalized spacial score (nSPS) is 13.7. The van der Waals surface area contributed by atoms with Crippen LogP contribution in [-0.2, 0) is 9.47 Å². The summed E-state index contributed by atoms with van der Waals surface area (Å²) in [6.45, 7) is 0.278. The van der Waals surface area contributed by atoms with Crippen molar-refractivity contribution in [2.24, 2.45) is 0 Å². The Bertz CT molecular complexity index is 905. The zero-order valence-electron chi connectivity index (χ0n) is 16.6. The highest BCUT2D eigenvalue weighted by Crippen LogP contribution is 2.45. The third-order valence-corrected chi connectivity index (χ3v) is 5.36. The van der Waals surface area contributed by atoms with E-state index in [2.05, 4.69) is 0 Å². The summed E-state index contributed by atoms with van der Waals surface area (Å²) >= 11 is 16.4. The van der Waals surface area contributed by atoms with E-state index in [-0.39, 0.29) is 13.2 Å². The number of alkyl halides is 3. The maximum absolute atomic E-state index is 12.6. The second-order valence-corrected chi connectivity index (χ2v) is 9.31. The Morgan fingerprint density at radius 1 is 1.10 bits per heavy atom. The fourth-order valence-electron chi connectivity index (χ4n) is 3.22. The number of hydrogen-bond donors (Lipinski definition) is 2. The summed E-state index contributed by atoms with van der Waals surface area (Å²) < 4.78 is 8.61. The monoisotopic (exact) mass is 486 g/mol. The summed E-state index contributed by atoms with van der Waals surface area (Å²) in [7, 11) is 1.60. The quantitative estimate of drug-likeness (QED) is 0.352. The van der Waals surface area contributed by atoms with Crippen LogP contribution in [0.5, 0.6) is 0 Å². The van der Waals surface area contributed by atoms with Crippen LogP contribution in [0.3, 0.4) is 0 Å². The zero-order chi connectivity index (χ0) is 22.6. The van der Waals surface area contributed by atoms with Gasteiger partial charge in [0.1, 0.15) is 0 Å². The Morgan fingerprint density at radius 3 is 2.19 bits per heavy atom. The van der Waals surface area contributed by atoms with Gasteiger partial charge in [-0.2, -0.15) is 0 Å². The summed E-state index contributed by atoms with van der Waals surface area (Å²) in [5.74, 6) is 0. The predicted octanol–water partition coefficient (Wildman–Crippen LogP) is 4.63. The predicted molar refractivity (Wildman–Crippen MR) is 118 cm³/mol. The van der Waals surface area contributed by atoms with Crippen molar-refractivity contribution < 1.29 is 24.2 Å². The van der Waals surface area contributed by atoms with Crippen molar-refractivity contribution in [3.05, 3.63) is 59.7 Å².